The van der Waals surface area contributed by atoms with Crippen LogP contribution in [-0.2, 0) is 16.4 Å². The van der Waals surface area contributed by atoms with Gasteiger partial charge in [-0.3, -0.25) is 4.31 Å². The Morgan fingerprint density at radius 2 is 1.17 bits per heavy atom. The molecule has 0 radical (unpaired) electrons. The van der Waals surface area contributed by atoms with Crippen LogP contribution >= 0.6 is 0 Å². The quantitative estimate of drug-likeness (QED) is 0.678. The number of sulfonamides is 1. The Balaban J connectivity index is 1.94. The Morgan fingerprint density at radius 3 is 1.75 bits per heavy atom. The highest BCUT2D eigenvalue weighted by atomic mass is 32.2. The highest BCUT2D eigenvalue weighted by molar-refractivity contribution is 7.92. The predicted octanol–water partition coefficient (Wildman–Crippen LogP) is 4.12. The molecule has 0 bridgehead atoms. The SMILES string of the molecule is O=S(=O)(c1ccccc1)N(CCc1ccccc1)c1ccccc1. The summed E-state index contributed by atoms with van der Waals surface area (Å²) in [5.41, 5.74) is 1.79. The van der Waals surface area contributed by atoms with Crippen molar-refractivity contribution in [1.29, 1.82) is 0 Å². The number of benzene rings is 3. The fourth-order valence-electron chi connectivity index (χ4n) is 2.58. The highest BCUT2D eigenvalue weighted by Crippen LogP contribution is 2.23. The van der Waals surface area contributed by atoms with Crippen LogP contribution in [0, 0.1) is 0 Å². The summed E-state index contributed by atoms with van der Waals surface area (Å²) >= 11 is 0. The number of anilines is 1. The predicted molar refractivity (Wildman–Crippen MR) is 97.6 cm³/mol. The molecule has 0 aliphatic heterocycles. The lowest BCUT2D eigenvalue weighted by molar-refractivity contribution is 0.590. The van der Waals surface area contributed by atoms with E-state index in [0.29, 0.717) is 23.5 Å². The molecule has 3 rings (SSSR count). The van der Waals surface area contributed by atoms with E-state index in [-0.39, 0.29) is 0 Å². The molecule has 0 atom stereocenters. The summed E-state index contributed by atoms with van der Waals surface area (Å²) in [6.45, 7) is 0.394. The zero-order valence-electron chi connectivity index (χ0n) is 13.2. The molecular formula is C20H19NO2S. The summed E-state index contributed by atoms with van der Waals surface area (Å²) in [5.74, 6) is 0. The van der Waals surface area contributed by atoms with Gasteiger partial charge >= 0.3 is 0 Å². The Bertz CT molecular complexity index is 863. The second kappa shape index (κ2) is 7.32. The van der Waals surface area contributed by atoms with Crippen molar-refractivity contribution in [3.8, 4) is 0 Å². The third kappa shape index (κ3) is 3.66. The van der Waals surface area contributed by atoms with Crippen molar-refractivity contribution in [2.45, 2.75) is 11.3 Å². The maximum Gasteiger partial charge on any atom is 0.264 e. The number of nitrogens with zero attached hydrogens (tertiary/aromatic N) is 1. The maximum atomic E-state index is 13.1. The van der Waals surface area contributed by atoms with Crippen LogP contribution in [0.3, 0.4) is 0 Å². The lowest BCUT2D eigenvalue weighted by atomic mass is 10.1. The standard InChI is InChI=1S/C20H19NO2S/c22-24(23,20-14-8-3-9-15-20)21(19-12-6-2-7-13-19)17-16-18-10-4-1-5-11-18/h1-15H,16-17H2. The molecule has 0 aliphatic carbocycles. The molecule has 4 heteroatoms. The van der Waals surface area contributed by atoms with Gasteiger partial charge in [-0.25, -0.2) is 8.42 Å². The molecule has 0 saturated carbocycles. The summed E-state index contributed by atoms with van der Waals surface area (Å²) in [5, 5.41) is 0. The van der Waals surface area contributed by atoms with Crippen molar-refractivity contribution in [2.75, 3.05) is 10.8 Å². The minimum absolute atomic E-state index is 0.307. The molecule has 0 aromatic heterocycles. The van der Waals surface area contributed by atoms with Crippen LogP contribution < -0.4 is 4.31 Å². The van der Waals surface area contributed by atoms with Gasteiger partial charge in [-0.2, -0.15) is 0 Å². The summed E-state index contributed by atoms with van der Waals surface area (Å²) in [6.07, 6.45) is 0.655. The monoisotopic (exact) mass is 337 g/mol. The molecule has 0 unspecified atom stereocenters. The average molecular weight is 337 g/mol. The molecule has 3 nitrogen and oxygen atoms in total. The van der Waals surface area contributed by atoms with Crippen molar-refractivity contribution in [2.24, 2.45) is 0 Å². The van der Waals surface area contributed by atoms with E-state index in [1.54, 1.807) is 24.3 Å². The number of rotatable bonds is 6. The second-order valence-corrected chi connectivity index (χ2v) is 7.32. The number of hydrogen-bond donors (Lipinski definition) is 0. The van der Waals surface area contributed by atoms with E-state index < -0.39 is 10.0 Å². The average Bonchev–Trinajstić information content (AvgIpc) is 2.64. The fraction of sp³-hybridized carbons (Fsp3) is 0.100. The van der Waals surface area contributed by atoms with Crippen molar-refractivity contribution in [3.63, 3.8) is 0 Å². The maximum absolute atomic E-state index is 13.1. The Morgan fingerprint density at radius 1 is 0.667 bits per heavy atom. The first-order valence-corrected chi connectivity index (χ1v) is 9.29. The van der Waals surface area contributed by atoms with Crippen molar-refractivity contribution < 1.29 is 8.42 Å². The molecule has 0 saturated heterocycles. The van der Waals surface area contributed by atoms with Gasteiger partial charge in [0.25, 0.3) is 10.0 Å². The summed E-state index contributed by atoms with van der Waals surface area (Å²) in [7, 11) is -3.59. The zero-order chi connectivity index (χ0) is 16.8. The lowest BCUT2D eigenvalue weighted by Gasteiger charge is -2.24. The molecule has 0 amide bonds. The molecular weight excluding hydrogens is 318 g/mol. The smallest absolute Gasteiger partial charge is 0.264 e. The van der Waals surface area contributed by atoms with Gasteiger partial charge in [0.15, 0.2) is 0 Å². The number of para-hydroxylation sites is 1. The molecule has 0 fully saturated rings. The number of hydrogen-bond acceptors (Lipinski definition) is 2. The third-order valence-electron chi connectivity index (χ3n) is 3.82. The van der Waals surface area contributed by atoms with E-state index >= 15 is 0 Å². The first-order valence-electron chi connectivity index (χ1n) is 7.85. The fourth-order valence-corrected chi connectivity index (χ4v) is 4.06. The van der Waals surface area contributed by atoms with E-state index in [1.807, 2.05) is 66.7 Å². The summed E-state index contributed by atoms with van der Waals surface area (Å²) < 4.78 is 27.6. The molecule has 0 aliphatic rings. The van der Waals surface area contributed by atoms with Gasteiger partial charge < -0.3 is 0 Å². The van der Waals surface area contributed by atoms with E-state index in [4.69, 9.17) is 0 Å². The van der Waals surface area contributed by atoms with Crippen LogP contribution in [0.2, 0.25) is 0 Å². The van der Waals surface area contributed by atoms with Crippen LogP contribution in [0.25, 0.3) is 0 Å². The first kappa shape index (κ1) is 16.3. The Hall–Kier alpha value is -2.59. The minimum atomic E-state index is -3.59. The molecule has 0 spiro atoms. The zero-order valence-corrected chi connectivity index (χ0v) is 14.1. The van der Waals surface area contributed by atoms with Crippen LogP contribution in [0.1, 0.15) is 5.56 Å². The van der Waals surface area contributed by atoms with Crippen LogP contribution in [0.5, 0.6) is 0 Å². The largest absolute Gasteiger partial charge is 0.266 e. The normalized spacial score (nSPS) is 11.2. The second-order valence-electron chi connectivity index (χ2n) is 5.46. The Kier molecular flexibility index (Phi) is 4.96. The first-order chi connectivity index (χ1) is 11.7. The topological polar surface area (TPSA) is 37.4 Å². The van der Waals surface area contributed by atoms with Crippen molar-refractivity contribution >= 4 is 15.7 Å². The Labute approximate surface area is 143 Å². The summed E-state index contributed by atoms with van der Waals surface area (Å²) in [4.78, 5) is 0.307. The molecule has 0 N–H and O–H groups in total. The van der Waals surface area contributed by atoms with E-state index in [1.165, 1.54) is 4.31 Å². The van der Waals surface area contributed by atoms with Crippen molar-refractivity contribution in [1.82, 2.24) is 0 Å². The van der Waals surface area contributed by atoms with Crippen molar-refractivity contribution in [3.05, 3.63) is 96.6 Å². The molecule has 122 valence electrons. The van der Waals surface area contributed by atoms with Crippen LogP contribution in [-0.4, -0.2) is 15.0 Å². The van der Waals surface area contributed by atoms with E-state index in [2.05, 4.69) is 0 Å². The van der Waals surface area contributed by atoms with Gasteiger partial charge in [-0.05, 0) is 36.2 Å². The van der Waals surface area contributed by atoms with Gasteiger partial charge in [0.05, 0.1) is 10.6 Å². The summed E-state index contributed by atoms with van der Waals surface area (Å²) in [6, 6.07) is 27.7. The molecule has 24 heavy (non-hydrogen) atoms. The minimum Gasteiger partial charge on any atom is -0.266 e. The van der Waals surface area contributed by atoms with Gasteiger partial charge in [0.2, 0.25) is 0 Å². The van der Waals surface area contributed by atoms with Gasteiger partial charge in [-0.1, -0.05) is 66.7 Å². The van der Waals surface area contributed by atoms with Gasteiger partial charge in [0.1, 0.15) is 0 Å². The van der Waals surface area contributed by atoms with Crippen LogP contribution in [0.4, 0.5) is 5.69 Å². The van der Waals surface area contributed by atoms with E-state index in [9.17, 15) is 8.42 Å². The van der Waals surface area contributed by atoms with Crippen LogP contribution in [0.15, 0.2) is 95.9 Å². The molecule has 3 aromatic carbocycles. The lowest BCUT2D eigenvalue weighted by Crippen LogP contribution is -2.33. The van der Waals surface area contributed by atoms with Gasteiger partial charge in [-0.15, -0.1) is 0 Å². The van der Waals surface area contributed by atoms with E-state index in [0.717, 1.165) is 5.56 Å². The van der Waals surface area contributed by atoms with Gasteiger partial charge in [0, 0.05) is 6.54 Å². The third-order valence-corrected chi connectivity index (χ3v) is 5.66. The molecule has 0 heterocycles. The molecule has 3 aromatic rings. The highest BCUT2D eigenvalue weighted by Gasteiger charge is 2.24.